The minimum atomic E-state index is -0.853. The predicted molar refractivity (Wildman–Crippen MR) is 100 cm³/mol. The number of piperidine rings is 1. The minimum absolute atomic E-state index is 0.161. The lowest BCUT2D eigenvalue weighted by Crippen LogP contribution is -2.38. The van der Waals surface area contributed by atoms with Gasteiger partial charge < -0.3 is 20.7 Å². The van der Waals surface area contributed by atoms with Crippen molar-refractivity contribution >= 4 is 28.4 Å². The molecule has 4 rings (SSSR count). The van der Waals surface area contributed by atoms with Gasteiger partial charge in [0.1, 0.15) is 17.4 Å². The van der Waals surface area contributed by atoms with Gasteiger partial charge in [0.05, 0.1) is 5.56 Å². The van der Waals surface area contributed by atoms with Gasteiger partial charge >= 0.3 is 0 Å². The average Bonchev–Trinajstić information content (AvgIpc) is 3.35. The number of aromatic nitrogens is 3. The standard InChI is InChI=1S/C18H21N5O2S/c24-15(13-4-2-8-26-13)17-22-14-12(5-7-20-16(14)23-17)18(25)21-10-11-3-1-6-19-9-11/h2,4-5,7-8,11,15,19,24H,1,3,6,9-10H2,(H,21,25)(H,20,22,23)/t11-,15?/m0/s1. The number of carbonyl (C=O) groups excluding carboxylic acids is 1. The van der Waals surface area contributed by atoms with Crippen molar-refractivity contribution < 1.29 is 9.90 Å². The molecule has 1 fully saturated rings. The van der Waals surface area contributed by atoms with Gasteiger partial charge in [-0.15, -0.1) is 11.3 Å². The van der Waals surface area contributed by atoms with Crippen LogP contribution >= 0.6 is 11.3 Å². The zero-order valence-electron chi connectivity index (χ0n) is 14.2. The Morgan fingerprint density at radius 3 is 3.15 bits per heavy atom. The molecule has 1 aliphatic rings. The lowest BCUT2D eigenvalue weighted by molar-refractivity contribution is 0.0946. The molecular formula is C18H21N5O2S. The van der Waals surface area contributed by atoms with Gasteiger partial charge in [0.15, 0.2) is 5.65 Å². The number of aliphatic hydroxyl groups excluding tert-OH is 1. The molecule has 1 amide bonds. The van der Waals surface area contributed by atoms with Gasteiger partial charge in [-0.05, 0) is 49.4 Å². The maximum atomic E-state index is 12.6. The highest BCUT2D eigenvalue weighted by Gasteiger charge is 2.21. The molecule has 1 aliphatic heterocycles. The number of hydrogen-bond donors (Lipinski definition) is 4. The summed E-state index contributed by atoms with van der Waals surface area (Å²) in [7, 11) is 0. The first-order valence-corrected chi connectivity index (χ1v) is 9.65. The topological polar surface area (TPSA) is 103 Å². The molecule has 1 saturated heterocycles. The maximum Gasteiger partial charge on any atom is 0.253 e. The number of rotatable bonds is 5. The molecule has 4 N–H and O–H groups in total. The highest BCUT2D eigenvalue weighted by atomic mass is 32.1. The van der Waals surface area contributed by atoms with E-state index in [0.717, 1.165) is 30.8 Å². The lowest BCUT2D eigenvalue weighted by atomic mass is 10.00. The summed E-state index contributed by atoms with van der Waals surface area (Å²) in [6, 6.07) is 5.39. The van der Waals surface area contributed by atoms with Crippen LogP contribution in [0.2, 0.25) is 0 Å². The van der Waals surface area contributed by atoms with E-state index in [1.807, 2.05) is 17.5 Å². The van der Waals surface area contributed by atoms with Crippen LogP contribution in [0.5, 0.6) is 0 Å². The van der Waals surface area contributed by atoms with E-state index in [4.69, 9.17) is 0 Å². The Balaban J connectivity index is 1.54. The van der Waals surface area contributed by atoms with Crippen LogP contribution in [0, 0.1) is 5.92 Å². The zero-order chi connectivity index (χ0) is 17.9. The number of pyridine rings is 1. The number of imidazole rings is 1. The summed E-state index contributed by atoms with van der Waals surface area (Å²) in [6.45, 7) is 2.63. The molecule has 4 heterocycles. The Labute approximate surface area is 154 Å². The largest absolute Gasteiger partial charge is 0.380 e. The summed E-state index contributed by atoms with van der Waals surface area (Å²) in [4.78, 5) is 25.1. The van der Waals surface area contributed by atoms with Crippen molar-refractivity contribution in [1.29, 1.82) is 0 Å². The second-order valence-electron chi connectivity index (χ2n) is 6.52. The average molecular weight is 371 g/mol. The van der Waals surface area contributed by atoms with Crippen LogP contribution in [0.3, 0.4) is 0 Å². The zero-order valence-corrected chi connectivity index (χ0v) is 15.1. The fraction of sp³-hybridized carbons (Fsp3) is 0.389. The summed E-state index contributed by atoms with van der Waals surface area (Å²) in [5, 5.41) is 18.7. The van der Waals surface area contributed by atoms with Crippen LogP contribution in [-0.4, -0.2) is 45.6 Å². The summed E-state index contributed by atoms with van der Waals surface area (Å²) < 4.78 is 0. The molecule has 3 aromatic rings. The van der Waals surface area contributed by atoms with Crippen molar-refractivity contribution in [1.82, 2.24) is 25.6 Å². The molecular weight excluding hydrogens is 350 g/mol. The molecule has 0 radical (unpaired) electrons. The molecule has 0 spiro atoms. The van der Waals surface area contributed by atoms with Crippen molar-refractivity contribution in [2.45, 2.75) is 18.9 Å². The number of carbonyl (C=O) groups is 1. The van der Waals surface area contributed by atoms with Crippen molar-refractivity contribution in [3.8, 4) is 0 Å². The molecule has 136 valence electrons. The molecule has 0 aromatic carbocycles. The second kappa shape index (κ2) is 7.53. The fourth-order valence-electron chi connectivity index (χ4n) is 3.25. The van der Waals surface area contributed by atoms with Gasteiger partial charge in [-0.2, -0.15) is 0 Å². The number of amides is 1. The number of thiophene rings is 1. The monoisotopic (exact) mass is 371 g/mol. The predicted octanol–water partition coefficient (Wildman–Crippen LogP) is 1.83. The highest BCUT2D eigenvalue weighted by Crippen LogP contribution is 2.26. The molecule has 2 atom stereocenters. The van der Waals surface area contributed by atoms with Gasteiger partial charge in [-0.3, -0.25) is 4.79 Å². The van der Waals surface area contributed by atoms with Gasteiger partial charge in [0.25, 0.3) is 5.91 Å². The Bertz CT molecular complexity index is 886. The van der Waals surface area contributed by atoms with Gasteiger partial charge in [0, 0.05) is 17.6 Å². The molecule has 3 aromatic heterocycles. The number of hydrogen-bond acceptors (Lipinski definition) is 6. The van der Waals surface area contributed by atoms with E-state index in [1.54, 1.807) is 12.3 Å². The van der Waals surface area contributed by atoms with E-state index in [0.29, 0.717) is 35.0 Å². The number of aromatic amines is 1. The number of nitrogens with one attached hydrogen (secondary N) is 3. The third-order valence-electron chi connectivity index (χ3n) is 4.67. The van der Waals surface area contributed by atoms with Crippen LogP contribution in [-0.2, 0) is 0 Å². The lowest BCUT2D eigenvalue weighted by Gasteiger charge is -2.22. The maximum absolute atomic E-state index is 12.6. The van der Waals surface area contributed by atoms with E-state index in [1.165, 1.54) is 11.3 Å². The van der Waals surface area contributed by atoms with E-state index >= 15 is 0 Å². The van der Waals surface area contributed by atoms with E-state index in [2.05, 4.69) is 25.6 Å². The van der Waals surface area contributed by atoms with Gasteiger partial charge in [-0.25, -0.2) is 9.97 Å². The summed E-state index contributed by atoms with van der Waals surface area (Å²) in [5.74, 6) is 0.693. The third-order valence-corrected chi connectivity index (χ3v) is 5.59. The van der Waals surface area contributed by atoms with Gasteiger partial charge in [0.2, 0.25) is 0 Å². The van der Waals surface area contributed by atoms with Gasteiger partial charge in [-0.1, -0.05) is 6.07 Å². The van der Waals surface area contributed by atoms with Crippen molar-refractivity contribution in [3.63, 3.8) is 0 Å². The smallest absolute Gasteiger partial charge is 0.253 e. The quantitative estimate of drug-likeness (QED) is 0.548. The molecule has 0 saturated carbocycles. The van der Waals surface area contributed by atoms with Crippen LogP contribution in [0.1, 0.15) is 40.0 Å². The molecule has 0 bridgehead atoms. The highest BCUT2D eigenvalue weighted by molar-refractivity contribution is 7.10. The van der Waals surface area contributed by atoms with E-state index in [-0.39, 0.29) is 5.91 Å². The molecule has 7 nitrogen and oxygen atoms in total. The van der Waals surface area contributed by atoms with Crippen LogP contribution in [0.15, 0.2) is 29.8 Å². The second-order valence-corrected chi connectivity index (χ2v) is 7.50. The van der Waals surface area contributed by atoms with Crippen molar-refractivity contribution in [3.05, 3.63) is 46.0 Å². The summed E-state index contributed by atoms with van der Waals surface area (Å²) >= 11 is 1.45. The third kappa shape index (κ3) is 3.48. The minimum Gasteiger partial charge on any atom is -0.380 e. The number of nitrogens with zero attached hydrogens (tertiary/aromatic N) is 2. The Kier molecular flexibility index (Phi) is 4.96. The molecule has 0 aliphatic carbocycles. The molecule has 1 unspecified atom stereocenters. The number of aliphatic hydroxyl groups is 1. The Hall–Kier alpha value is -2.29. The molecule has 8 heteroatoms. The van der Waals surface area contributed by atoms with Crippen molar-refractivity contribution in [2.24, 2.45) is 5.92 Å². The first-order valence-electron chi connectivity index (χ1n) is 8.77. The van der Waals surface area contributed by atoms with E-state index in [9.17, 15) is 9.90 Å². The summed E-state index contributed by atoms with van der Waals surface area (Å²) in [6.07, 6.45) is 2.99. The molecule has 26 heavy (non-hydrogen) atoms. The fourth-order valence-corrected chi connectivity index (χ4v) is 3.97. The van der Waals surface area contributed by atoms with E-state index < -0.39 is 6.10 Å². The van der Waals surface area contributed by atoms with Crippen LogP contribution < -0.4 is 10.6 Å². The Morgan fingerprint density at radius 1 is 1.46 bits per heavy atom. The Morgan fingerprint density at radius 2 is 2.38 bits per heavy atom. The SMILES string of the molecule is O=C(NC[C@H]1CCCNC1)c1ccnc2[nH]c(C(O)c3cccs3)nc12. The normalized spacial score (nSPS) is 18.7. The van der Waals surface area contributed by atoms with Crippen LogP contribution in [0.4, 0.5) is 0 Å². The first kappa shape index (κ1) is 17.1. The summed E-state index contributed by atoms with van der Waals surface area (Å²) in [5.41, 5.74) is 1.46. The van der Waals surface area contributed by atoms with Crippen LogP contribution in [0.25, 0.3) is 11.2 Å². The number of fused-ring (bicyclic) bond motifs is 1. The van der Waals surface area contributed by atoms with Crippen molar-refractivity contribution in [2.75, 3.05) is 19.6 Å². The number of H-pyrrole nitrogens is 1. The first-order chi connectivity index (χ1) is 12.7.